The molecule has 1 saturated heterocycles. The number of alkyl halides is 6. The molecule has 258 valence electrons. The van der Waals surface area contributed by atoms with E-state index in [1.807, 2.05) is 71.3 Å². The Balaban J connectivity index is 1.63. The van der Waals surface area contributed by atoms with Crippen LogP contribution < -0.4 is 15.5 Å². The van der Waals surface area contributed by atoms with E-state index in [0.29, 0.717) is 13.1 Å². The number of likely N-dealkylation sites (tertiary alicyclic amines) is 1. The summed E-state index contributed by atoms with van der Waals surface area (Å²) in [5, 5.41) is 5.36. The minimum Gasteiger partial charge on any atom is -0.363 e. The predicted octanol–water partition coefficient (Wildman–Crippen LogP) is 5.37. The average Bonchev–Trinajstić information content (AvgIpc) is 3.44. The SMILES string of the molecule is CN(C)C1CCN(CNC(=O)[C@@H](CCC(F)(F)F)[C@@H](CCC(F)(F)F)C(=O)N[C@H]2N=Cc3ccccc3N(C)C2c2ccccc2)C1. The summed E-state index contributed by atoms with van der Waals surface area (Å²) >= 11 is 0. The van der Waals surface area contributed by atoms with E-state index in [9.17, 15) is 35.9 Å². The molecule has 2 aliphatic rings. The molecule has 5 atom stereocenters. The second-order valence-corrected chi connectivity index (χ2v) is 12.5. The number of anilines is 1. The Labute approximate surface area is 271 Å². The lowest BCUT2D eigenvalue weighted by molar-refractivity contribution is -0.153. The molecule has 0 saturated carbocycles. The lowest BCUT2D eigenvalue weighted by atomic mass is 9.83. The molecule has 2 unspecified atom stereocenters. The van der Waals surface area contributed by atoms with Crippen LogP contribution in [0.15, 0.2) is 59.6 Å². The van der Waals surface area contributed by atoms with E-state index in [-0.39, 0.29) is 12.7 Å². The van der Waals surface area contributed by atoms with Crippen LogP contribution in [0.1, 0.15) is 49.3 Å². The fourth-order valence-corrected chi connectivity index (χ4v) is 6.31. The number of likely N-dealkylation sites (N-methyl/N-ethyl adjacent to an activating group) is 2. The molecule has 0 aliphatic carbocycles. The summed E-state index contributed by atoms with van der Waals surface area (Å²) in [5.74, 6) is -5.22. The Morgan fingerprint density at radius 3 is 2.11 bits per heavy atom. The van der Waals surface area contributed by atoms with Gasteiger partial charge in [-0.2, -0.15) is 26.3 Å². The molecule has 47 heavy (non-hydrogen) atoms. The van der Waals surface area contributed by atoms with E-state index in [4.69, 9.17) is 0 Å². The first-order valence-corrected chi connectivity index (χ1v) is 15.6. The highest BCUT2D eigenvalue weighted by atomic mass is 19.4. The van der Waals surface area contributed by atoms with E-state index in [2.05, 4.69) is 15.6 Å². The monoisotopic (exact) mass is 668 g/mol. The van der Waals surface area contributed by atoms with Gasteiger partial charge in [0, 0.05) is 68.3 Å². The van der Waals surface area contributed by atoms with E-state index in [1.165, 1.54) is 0 Å². The van der Waals surface area contributed by atoms with Crippen LogP contribution in [0.5, 0.6) is 0 Å². The number of hydrogen-bond donors (Lipinski definition) is 2. The van der Waals surface area contributed by atoms with Gasteiger partial charge >= 0.3 is 12.4 Å². The first kappa shape index (κ1) is 36.2. The zero-order chi connectivity index (χ0) is 34.4. The molecule has 2 aromatic rings. The van der Waals surface area contributed by atoms with Crippen molar-refractivity contribution >= 4 is 23.7 Å². The number of hydrogen-bond acceptors (Lipinski definition) is 6. The molecule has 2 heterocycles. The van der Waals surface area contributed by atoms with Crippen LogP contribution in [0, 0.1) is 11.8 Å². The number of benzene rings is 2. The standard InChI is InChI=1S/C33H42F6N6O2/c1-43(2)24-15-18-45(20-24)21-41-30(46)25(13-16-32(34,35)36)26(14-17-33(37,38)39)31(47)42-29-28(22-9-5-4-6-10-22)44(3)27-12-8-7-11-23(27)19-40-29/h4-12,19,24-26,28-29H,13-18,20-21H2,1-3H3,(H,41,46)(H,42,47)/t24?,25-,26+,28?,29+/m0/s1. The van der Waals surface area contributed by atoms with E-state index >= 15 is 0 Å². The molecular weight excluding hydrogens is 626 g/mol. The highest BCUT2D eigenvalue weighted by molar-refractivity contribution is 5.90. The van der Waals surface area contributed by atoms with Gasteiger partial charge in [-0.1, -0.05) is 48.5 Å². The van der Waals surface area contributed by atoms with E-state index in [1.54, 1.807) is 25.4 Å². The van der Waals surface area contributed by atoms with Gasteiger partial charge < -0.3 is 20.4 Å². The van der Waals surface area contributed by atoms with E-state index in [0.717, 1.165) is 23.2 Å². The summed E-state index contributed by atoms with van der Waals surface area (Å²) in [6, 6.07) is 16.0. The molecule has 2 aromatic carbocycles. The zero-order valence-corrected chi connectivity index (χ0v) is 26.7. The van der Waals surface area contributed by atoms with Crippen LogP contribution in [-0.4, -0.2) is 93.3 Å². The Bertz CT molecular complexity index is 1370. The second kappa shape index (κ2) is 15.5. The summed E-state index contributed by atoms with van der Waals surface area (Å²) < 4.78 is 80.9. The Hall–Kier alpha value is -3.65. The molecule has 2 N–H and O–H groups in total. The molecule has 2 aliphatic heterocycles. The molecule has 0 bridgehead atoms. The minimum atomic E-state index is -4.70. The molecular formula is C33H42F6N6O2. The average molecular weight is 669 g/mol. The van der Waals surface area contributed by atoms with Crippen molar-refractivity contribution in [3.05, 3.63) is 65.7 Å². The van der Waals surface area contributed by atoms with Crippen molar-refractivity contribution in [1.82, 2.24) is 20.4 Å². The van der Waals surface area contributed by atoms with Gasteiger partial charge in [0.2, 0.25) is 11.8 Å². The maximum absolute atomic E-state index is 14.0. The molecule has 0 aromatic heterocycles. The highest BCUT2D eigenvalue weighted by Gasteiger charge is 2.42. The van der Waals surface area contributed by atoms with Crippen LogP contribution in [0.4, 0.5) is 32.0 Å². The van der Waals surface area contributed by atoms with Gasteiger partial charge in [-0.25, -0.2) is 0 Å². The molecule has 8 nitrogen and oxygen atoms in total. The normalized spacial score (nSPS) is 21.7. The number of rotatable bonds is 12. The van der Waals surface area contributed by atoms with Gasteiger partial charge in [0.15, 0.2) is 0 Å². The molecule has 2 amide bonds. The van der Waals surface area contributed by atoms with Crippen molar-refractivity contribution in [1.29, 1.82) is 0 Å². The minimum absolute atomic E-state index is 0.00531. The number of carbonyl (C=O) groups excluding carboxylic acids is 2. The molecule has 14 heteroatoms. The van der Waals surface area contributed by atoms with Crippen molar-refractivity contribution in [2.75, 3.05) is 45.8 Å². The summed E-state index contributed by atoms with van der Waals surface area (Å²) in [6.07, 6.45) is -12.6. The fraction of sp³-hybridized carbons (Fsp3) is 0.545. The van der Waals surface area contributed by atoms with E-state index < -0.39 is 73.9 Å². The number of nitrogens with one attached hydrogen (secondary N) is 2. The van der Waals surface area contributed by atoms with Crippen molar-refractivity contribution in [2.45, 2.75) is 62.7 Å². The first-order valence-electron chi connectivity index (χ1n) is 15.6. The highest BCUT2D eigenvalue weighted by Crippen LogP contribution is 2.36. The second-order valence-electron chi connectivity index (χ2n) is 12.5. The van der Waals surface area contributed by atoms with Crippen molar-refractivity contribution in [3.8, 4) is 0 Å². The summed E-state index contributed by atoms with van der Waals surface area (Å²) in [6.45, 7) is 1.24. The predicted molar refractivity (Wildman–Crippen MR) is 168 cm³/mol. The number of para-hydroxylation sites is 1. The number of aliphatic imine (C=N–C) groups is 1. The lowest BCUT2D eigenvalue weighted by Gasteiger charge is -2.35. The largest absolute Gasteiger partial charge is 0.389 e. The van der Waals surface area contributed by atoms with Crippen LogP contribution in [0.25, 0.3) is 0 Å². The zero-order valence-electron chi connectivity index (χ0n) is 26.7. The van der Waals surface area contributed by atoms with Crippen molar-refractivity contribution in [3.63, 3.8) is 0 Å². The summed E-state index contributed by atoms with van der Waals surface area (Å²) in [4.78, 5) is 37.9. The number of carbonyl (C=O) groups is 2. The van der Waals surface area contributed by atoms with Crippen LogP contribution in [-0.2, 0) is 9.59 Å². The Morgan fingerprint density at radius 2 is 1.51 bits per heavy atom. The first-order chi connectivity index (χ1) is 22.1. The van der Waals surface area contributed by atoms with Crippen molar-refractivity contribution in [2.24, 2.45) is 16.8 Å². The van der Waals surface area contributed by atoms with Crippen LogP contribution in [0.3, 0.4) is 0 Å². The molecule has 0 radical (unpaired) electrons. The Morgan fingerprint density at radius 1 is 0.915 bits per heavy atom. The maximum Gasteiger partial charge on any atom is 0.389 e. The number of halogens is 6. The van der Waals surface area contributed by atoms with Gasteiger partial charge in [-0.05, 0) is 45.0 Å². The van der Waals surface area contributed by atoms with Gasteiger partial charge in [-0.3, -0.25) is 19.5 Å². The molecule has 4 rings (SSSR count). The number of nitrogens with zero attached hydrogens (tertiary/aromatic N) is 4. The molecule has 1 fully saturated rings. The third-order valence-corrected chi connectivity index (χ3v) is 8.93. The van der Waals surface area contributed by atoms with Crippen molar-refractivity contribution < 1.29 is 35.9 Å². The third-order valence-electron chi connectivity index (χ3n) is 8.93. The fourth-order valence-electron chi connectivity index (χ4n) is 6.31. The van der Waals surface area contributed by atoms with Crippen LogP contribution >= 0.6 is 0 Å². The summed E-state index contributed by atoms with van der Waals surface area (Å²) in [7, 11) is 5.63. The third kappa shape index (κ3) is 10.2. The quantitative estimate of drug-likeness (QED) is 0.298. The van der Waals surface area contributed by atoms with Gasteiger partial charge in [0.05, 0.1) is 12.7 Å². The van der Waals surface area contributed by atoms with Gasteiger partial charge in [0.1, 0.15) is 6.17 Å². The van der Waals surface area contributed by atoms with Gasteiger partial charge in [-0.15, -0.1) is 0 Å². The Kier molecular flexibility index (Phi) is 11.9. The molecule has 0 spiro atoms. The topological polar surface area (TPSA) is 80.3 Å². The summed E-state index contributed by atoms with van der Waals surface area (Å²) in [5.41, 5.74) is 2.27. The maximum atomic E-state index is 14.0. The number of benzodiazepines with no additional fused rings is 1. The van der Waals surface area contributed by atoms with Crippen LogP contribution in [0.2, 0.25) is 0 Å². The smallest absolute Gasteiger partial charge is 0.363 e. The number of fused-ring (bicyclic) bond motifs is 1. The van der Waals surface area contributed by atoms with Gasteiger partial charge in [0.25, 0.3) is 0 Å². The lowest BCUT2D eigenvalue weighted by Crippen LogP contribution is -2.50. The number of amides is 2.